The Morgan fingerprint density at radius 2 is 1.96 bits per heavy atom. The normalized spacial score (nSPS) is 20.8. The number of fused-ring (bicyclic) bond motifs is 1. The van der Waals surface area contributed by atoms with Crippen LogP contribution in [0.5, 0.6) is 0 Å². The fourth-order valence-corrected chi connectivity index (χ4v) is 3.55. The molecule has 2 atom stereocenters. The molecule has 0 saturated carbocycles. The number of piperazine rings is 1. The summed E-state index contributed by atoms with van der Waals surface area (Å²) in [5, 5.41) is 12.6. The number of anilines is 1. The lowest BCUT2D eigenvalue weighted by atomic mass is 10.1. The predicted octanol–water partition coefficient (Wildman–Crippen LogP) is 0.885. The summed E-state index contributed by atoms with van der Waals surface area (Å²) in [5.41, 5.74) is 1.22. The molecule has 1 fully saturated rings. The minimum atomic E-state index is -0.263. The molecular weight excluding hydrogens is 318 g/mol. The number of hydrogen-bond acceptors (Lipinski definition) is 6. The van der Waals surface area contributed by atoms with E-state index in [9.17, 15) is 4.79 Å². The van der Waals surface area contributed by atoms with Gasteiger partial charge in [-0.15, -0.1) is 0 Å². The molecule has 8 nitrogen and oxygen atoms in total. The minimum absolute atomic E-state index is 0.216. The van der Waals surface area contributed by atoms with Gasteiger partial charge in [-0.2, -0.15) is 10.2 Å². The largest absolute Gasteiger partial charge is 0.351 e. The molecule has 2 aromatic rings. The van der Waals surface area contributed by atoms with Crippen molar-refractivity contribution in [2.75, 3.05) is 18.0 Å². The van der Waals surface area contributed by atoms with Gasteiger partial charge in [0.2, 0.25) is 0 Å². The van der Waals surface area contributed by atoms with Crippen molar-refractivity contribution < 1.29 is 0 Å². The highest BCUT2D eigenvalue weighted by atomic mass is 16.1. The zero-order valence-electron chi connectivity index (χ0n) is 15.3. The molecule has 0 aromatic carbocycles. The van der Waals surface area contributed by atoms with Crippen LogP contribution in [-0.2, 0) is 19.5 Å². The van der Waals surface area contributed by atoms with Crippen LogP contribution >= 0.6 is 0 Å². The van der Waals surface area contributed by atoms with Crippen molar-refractivity contribution in [2.24, 2.45) is 0 Å². The third kappa shape index (κ3) is 2.89. The quantitative estimate of drug-likeness (QED) is 0.886. The Kier molecular flexibility index (Phi) is 4.77. The summed E-state index contributed by atoms with van der Waals surface area (Å²) in [5.74, 6) is 1.32. The highest BCUT2D eigenvalue weighted by Gasteiger charge is 2.28. The molecule has 1 aliphatic heterocycles. The van der Waals surface area contributed by atoms with Gasteiger partial charge in [0.15, 0.2) is 5.82 Å². The van der Waals surface area contributed by atoms with E-state index in [0.29, 0.717) is 30.8 Å². The Labute approximate surface area is 147 Å². The molecule has 0 radical (unpaired) electrons. The van der Waals surface area contributed by atoms with Crippen LogP contribution in [0.1, 0.15) is 33.5 Å². The number of imidazole rings is 1. The molecular formula is C17H25N7O. The number of rotatable bonds is 4. The van der Waals surface area contributed by atoms with E-state index in [4.69, 9.17) is 10.2 Å². The standard InChI is InChI=1S/C17H25N7O/c1-5-22-13(7-8-18)20-14-15(21-17(25)23(6-2)16(14)22)24-10-11(3)19-9-12(24)4/h11-12,19H,5-7,9-10H2,1-4H3/t11-,12+/m1/s1. The molecule has 8 heteroatoms. The van der Waals surface area contributed by atoms with E-state index in [2.05, 4.69) is 35.1 Å². The number of aromatic nitrogens is 4. The van der Waals surface area contributed by atoms with Crippen molar-refractivity contribution in [1.29, 1.82) is 5.26 Å². The topological polar surface area (TPSA) is 91.8 Å². The Morgan fingerprint density at radius 3 is 2.60 bits per heavy atom. The van der Waals surface area contributed by atoms with Gasteiger partial charge in [0.25, 0.3) is 0 Å². The predicted molar refractivity (Wildman–Crippen MR) is 96.7 cm³/mol. The lowest BCUT2D eigenvalue weighted by Crippen LogP contribution is -2.55. The van der Waals surface area contributed by atoms with E-state index < -0.39 is 0 Å². The van der Waals surface area contributed by atoms with Crippen LogP contribution in [0.2, 0.25) is 0 Å². The molecule has 1 aliphatic rings. The summed E-state index contributed by atoms with van der Waals surface area (Å²) in [6, 6.07) is 2.70. The molecule has 0 spiro atoms. The van der Waals surface area contributed by atoms with Crippen molar-refractivity contribution in [3.63, 3.8) is 0 Å². The summed E-state index contributed by atoms with van der Waals surface area (Å²) in [6.45, 7) is 10.9. The number of nitrogens with zero attached hydrogens (tertiary/aromatic N) is 6. The van der Waals surface area contributed by atoms with E-state index in [-0.39, 0.29) is 18.2 Å². The Balaban J connectivity index is 2.30. The zero-order chi connectivity index (χ0) is 18.1. The fourth-order valence-electron chi connectivity index (χ4n) is 3.55. The molecule has 1 N–H and O–H groups in total. The minimum Gasteiger partial charge on any atom is -0.349 e. The molecule has 0 aliphatic carbocycles. The summed E-state index contributed by atoms with van der Waals surface area (Å²) in [4.78, 5) is 23.9. The van der Waals surface area contributed by atoms with Crippen LogP contribution in [0.3, 0.4) is 0 Å². The lowest BCUT2D eigenvalue weighted by Gasteiger charge is -2.38. The maximum Gasteiger partial charge on any atom is 0.351 e. The first-order valence-corrected chi connectivity index (χ1v) is 8.88. The molecule has 3 heterocycles. The van der Waals surface area contributed by atoms with E-state index >= 15 is 0 Å². The Morgan fingerprint density at radius 1 is 1.24 bits per heavy atom. The first-order valence-electron chi connectivity index (χ1n) is 8.88. The van der Waals surface area contributed by atoms with Crippen molar-refractivity contribution in [2.45, 2.75) is 59.3 Å². The average Bonchev–Trinajstić information content (AvgIpc) is 2.95. The van der Waals surface area contributed by atoms with Gasteiger partial charge in [0.05, 0.1) is 12.5 Å². The van der Waals surface area contributed by atoms with Crippen molar-refractivity contribution in [3.05, 3.63) is 16.3 Å². The number of aryl methyl sites for hydroxylation is 2. The zero-order valence-corrected chi connectivity index (χ0v) is 15.3. The molecule has 1 saturated heterocycles. The molecule has 0 amide bonds. The van der Waals surface area contributed by atoms with Gasteiger partial charge in [0, 0.05) is 38.3 Å². The smallest absolute Gasteiger partial charge is 0.349 e. The molecule has 25 heavy (non-hydrogen) atoms. The molecule has 2 aromatic heterocycles. The first kappa shape index (κ1) is 17.4. The Bertz CT molecular complexity index is 876. The SMILES string of the molecule is CCn1c(CC#N)nc2c(N3C[C@@H](C)NC[C@@H]3C)nc(=O)n(CC)c21. The van der Waals surface area contributed by atoms with Crippen LogP contribution < -0.4 is 15.9 Å². The van der Waals surface area contributed by atoms with Crippen LogP contribution in [0.15, 0.2) is 4.79 Å². The fraction of sp³-hybridized carbons (Fsp3) is 0.647. The highest BCUT2D eigenvalue weighted by molar-refractivity contribution is 5.85. The van der Waals surface area contributed by atoms with Crippen LogP contribution in [0.25, 0.3) is 11.2 Å². The number of hydrogen-bond donors (Lipinski definition) is 1. The second kappa shape index (κ2) is 6.84. The molecule has 3 rings (SSSR count). The third-order valence-corrected chi connectivity index (χ3v) is 4.83. The second-order valence-corrected chi connectivity index (χ2v) is 6.55. The third-order valence-electron chi connectivity index (χ3n) is 4.83. The first-order chi connectivity index (χ1) is 12.0. The van der Waals surface area contributed by atoms with Crippen LogP contribution in [0, 0.1) is 11.3 Å². The van der Waals surface area contributed by atoms with Crippen LogP contribution in [0.4, 0.5) is 5.82 Å². The lowest BCUT2D eigenvalue weighted by molar-refractivity contribution is 0.422. The van der Waals surface area contributed by atoms with Crippen molar-refractivity contribution in [3.8, 4) is 6.07 Å². The van der Waals surface area contributed by atoms with Gasteiger partial charge < -0.3 is 14.8 Å². The average molecular weight is 343 g/mol. The molecule has 0 unspecified atom stereocenters. The summed E-state index contributed by atoms with van der Waals surface area (Å²) in [6.07, 6.45) is 0.216. The molecule has 0 bridgehead atoms. The Hall–Kier alpha value is -2.40. The van der Waals surface area contributed by atoms with Gasteiger partial charge >= 0.3 is 5.69 Å². The van der Waals surface area contributed by atoms with Crippen LogP contribution in [-0.4, -0.2) is 44.3 Å². The highest BCUT2D eigenvalue weighted by Crippen LogP contribution is 2.26. The van der Waals surface area contributed by atoms with Crippen molar-refractivity contribution in [1.82, 2.24) is 24.4 Å². The number of nitriles is 1. The maximum absolute atomic E-state index is 12.7. The van der Waals surface area contributed by atoms with Gasteiger partial charge in [-0.05, 0) is 27.7 Å². The van der Waals surface area contributed by atoms with E-state index in [1.54, 1.807) is 4.57 Å². The monoisotopic (exact) mass is 343 g/mol. The van der Waals surface area contributed by atoms with Gasteiger partial charge in [0.1, 0.15) is 17.0 Å². The molecule has 134 valence electrons. The maximum atomic E-state index is 12.7. The van der Waals surface area contributed by atoms with E-state index in [0.717, 1.165) is 24.3 Å². The van der Waals surface area contributed by atoms with Crippen molar-refractivity contribution >= 4 is 17.0 Å². The van der Waals surface area contributed by atoms with Gasteiger partial charge in [-0.1, -0.05) is 0 Å². The second-order valence-electron chi connectivity index (χ2n) is 6.55. The number of nitrogens with one attached hydrogen (secondary N) is 1. The summed E-state index contributed by atoms with van der Waals surface area (Å²) >= 11 is 0. The van der Waals surface area contributed by atoms with E-state index in [1.165, 1.54) is 0 Å². The summed E-state index contributed by atoms with van der Waals surface area (Å²) < 4.78 is 3.61. The summed E-state index contributed by atoms with van der Waals surface area (Å²) in [7, 11) is 0. The van der Waals surface area contributed by atoms with Gasteiger partial charge in [-0.3, -0.25) is 4.57 Å². The van der Waals surface area contributed by atoms with Gasteiger partial charge in [-0.25, -0.2) is 9.78 Å². The van der Waals surface area contributed by atoms with E-state index in [1.807, 2.05) is 18.4 Å².